The van der Waals surface area contributed by atoms with E-state index in [0.29, 0.717) is 10.0 Å². The Morgan fingerprint density at radius 3 is 2.58 bits per heavy atom. The van der Waals surface area contributed by atoms with Gasteiger partial charge in [-0.25, -0.2) is 0 Å². The summed E-state index contributed by atoms with van der Waals surface area (Å²) in [5, 5.41) is 5.17. The Kier molecular flexibility index (Phi) is 7.21. The molecule has 0 aliphatic carbocycles. The molecular formula is C14H19Cl2NO2. The zero-order chi connectivity index (χ0) is 14.3. The minimum atomic E-state index is 0.257. The number of hydrogen-bond donors (Lipinski definition) is 0. The monoisotopic (exact) mass is 303 g/mol. The fraction of sp³-hybridized carbons (Fsp3) is 0.500. The topological polar surface area (TPSA) is 30.8 Å². The lowest BCUT2D eigenvalue weighted by Gasteiger charge is -2.14. The summed E-state index contributed by atoms with van der Waals surface area (Å²) < 4.78 is 5.06. The van der Waals surface area contributed by atoms with E-state index in [1.807, 2.05) is 12.1 Å². The molecule has 0 N–H and O–H groups in total. The number of ether oxygens (including phenoxy) is 1. The van der Waals surface area contributed by atoms with Gasteiger partial charge in [-0.3, -0.25) is 0 Å². The summed E-state index contributed by atoms with van der Waals surface area (Å²) >= 11 is 12.0. The molecule has 0 heterocycles. The fourth-order valence-corrected chi connectivity index (χ4v) is 2.15. The van der Waals surface area contributed by atoms with E-state index in [4.69, 9.17) is 32.8 Å². The smallest absolute Gasteiger partial charge is 0.106 e. The molecule has 0 saturated carbocycles. The molecule has 0 bridgehead atoms. The Morgan fingerprint density at radius 2 is 2.00 bits per heavy atom. The Labute approximate surface area is 124 Å². The third kappa shape index (κ3) is 5.01. The minimum absolute atomic E-state index is 0.257. The molecule has 19 heavy (non-hydrogen) atoms. The third-order valence-electron chi connectivity index (χ3n) is 2.86. The van der Waals surface area contributed by atoms with Crippen LogP contribution in [0.25, 0.3) is 0 Å². The van der Waals surface area contributed by atoms with Crippen molar-refractivity contribution in [3.63, 3.8) is 0 Å². The molecule has 5 heteroatoms. The number of nitrogens with zero attached hydrogens (tertiary/aromatic N) is 1. The second-order valence-corrected chi connectivity index (χ2v) is 5.14. The van der Waals surface area contributed by atoms with Crippen LogP contribution in [0.3, 0.4) is 0 Å². The molecule has 106 valence electrons. The lowest BCUT2D eigenvalue weighted by Crippen LogP contribution is -2.14. The number of halogens is 2. The zero-order valence-corrected chi connectivity index (χ0v) is 13.0. The summed E-state index contributed by atoms with van der Waals surface area (Å²) in [5.74, 6) is 0.257. The van der Waals surface area contributed by atoms with Crippen molar-refractivity contribution in [2.45, 2.75) is 19.8 Å². The molecule has 0 aliphatic rings. The predicted octanol–water partition coefficient (Wildman–Crippen LogP) is 4.41. The maximum atomic E-state index is 6.04. The van der Waals surface area contributed by atoms with Crippen molar-refractivity contribution in [1.29, 1.82) is 0 Å². The highest BCUT2D eigenvalue weighted by Crippen LogP contribution is 2.25. The van der Waals surface area contributed by atoms with Gasteiger partial charge >= 0.3 is 0 Å². The molecule has 0 aliphatic heterocycles. The van der Waals surface area contributed by atoms with E-state index in [1.54, 1.807) is 20.3 Å². The van der Waals surface area contributed by atoms with Crippen molar-refractivity contribution in [3.05, 3.63) is 33.8 Å². The van der Waals surface area contributed by atoms with E-state index in [9.17, 15) is 0 Å². The van der Waals surface area contributed by atoms with Gasteiger partial charge in [0, 0.05) is 25.2 Å². The van der Waals surface area contributed by atoms with Gasteiger partial charge in [0.25, 0.3) is 0 Å². The summed E-state index contributed by atoms with van der Waals surface area (Å²) in [6.07, 6.45) is 1.94. The van der Waals surface area contributed by atoms with Crippen LogP contribution in [0.4, 0.5) is 0 Å². The van der Waals surface area contributed by atoms with Crippen LogP contribution in [0.5, 0.6) is 0 Å². The average Bonchev–Trinajstić information content (AvgIpc) is 2.39. The van der Waals surface area contributed by atoms with Gasteiger partial charge in [0.1, 0.15) is 7.11 Å². The molecule has 0 spiro atoms. The van der Waals surface area contributed by atoms with Crippen molar-refractivity contribution >= 4 is 28.9 Å². The maximum Gasteiger partial charge on any atom is 0.106 e. The highest BCUT2D eigenvalue weighted by molar-refractivity contribution is 6.42. The fourth-order valence-electron chi connectivity index (χ4n) is 1.85. The molecule has 0 amide bonds. The highest BCUT2D eigenvalue weighted by atomic mass is 35.5. The van der Waals surface area contributed by atoms with Gasteiger partial charge < -0.3 is 9.57 Å². The summed E-state index contributed by atoms with van der Waals surface area (Å²) in [6.45, 7) is 2.85. The number of hydrogen-bond acceptors (Lipinski definition) is 3. The van der Waals surface area contributed by atoms with Crippen LogP contribution in [-0.2, 0) is 9.57 Å². The normalized spacial score (nSPS) is 13.4. The molecule has 0 radical (unpaired) electrons. The van der Waals surface area contributed by atoms with Gasteiger partial charge in [-0.2, -0.15) is 0 Å². The number of oxime groups is 1. The molecule has 0 aromatic heterocycles. The molecule has 1 unspecified atom stereocenters. The molecule has 1 atom stereocenters. The van der Waals surface area contributed by atoms with E-state index in [0.717, 1.165) is 30.7 Å². The summed E-state index contributed by atoms with van der Waals surface area (Å²) in [7, 11) is 3.24. The first-order valence-corrected chi connectivity index (χ1v) is 6.91. The number of methoxy groups -OCH3 is 1. The molecule has 1 aromatic rings. The van der Waals surface area contributed by atoms with Gasteiger partial charge in [0.2, 0.25) is 0 Å². The molecule has 3 nitrogen and oxygen atoms in total. The lowest BCUT2D eigenvalue weighted by atomic mass is 9.94. The highest BCUT2D eigenvalue weighted by Gasteiger charge is 2.15. The van der Waals surface area contributed by atoms with Crippen molar-refractivity contribution in [3.8, 4) is 0 Å². The first-order chi connectivity index (χ1) is 9.10. The van der Waals surface area contributed by atoms with Crippen molar-refractivity contribution in [2.24, 2.45) is 11.1 Å². The lowest BCUT2D eigenvalue weighted by molar-refractivity contribution is 0.189. The molecule has 1 rings (SSSR count). The van der Waals surface area contributed by atoms with Crippen LogP contribution in [0.1, 0.15) is 25.3 Å². The maximum absolute atomic E-state index is 6.04. The average molecular weight is 304 g/mol. The van der Waals surface area contributed by atoms with E-state index >= 15 is 0 Å². The van der Waals surface area contributed by atoms with Gasteiger partial charge in [-0.05, 0) is 25.0 Å². The zero-order valence-electron chi connectivity index (χ0n) is 11.5. The van der Waals surface area contributed by atoms with Gasteiger partial charge in [-0.15, -0.1) is 0 Å². The summed E-state index contributed by atoms with van der Waals surface area (Å²) in [5.41, 5.74) is 1.80. The molecular weight excluding hydrogens is 285 g/mol. The molecule has 0 saturated heterocycles. The molecule has 1 aromatic carbocycles. The van der Waals surface area contributed by atoms with Crippen LogP contribution in [0, 0.1) is 5.92 Å². The molecule has 0 fully saturated rings. The Bertz CT molecular complexity index is 435. The van der Waals surface area contributed by atoms with Crippen LogP contribution >= 0.6 is 23.2 Å². The Balaban J connectivity index is 2.87. The van der Waals surface area contributed by atoms with Crippen LogP contribution in [0.2, 0.25) is 10.0 Å². The van der Waals surface area contributed by atoms with E-state index in [2.05, 4.69) is 12.1 Å². The van der Waals surface area contributed by atoms with Crippen molar-refractivity contribution < 1.29 is 9.57 Å². The summed E-state index contributed by atoms with van der Waals surface area (Å²) in [6, 6.07) is 5.49. The van der Waals surface area contributed by atoms with Gasteiger partial charge in [0.05, 0.1) is 15.8 Å². The number of rotatable bonds is 7. The first kappa shape index (κ1) is 16.3. The van der Waals surface area contributed by atoms with Crippen LogP contribution < -0.4 is 0 Å². The predicted molar refractivity (Wildman–Crippen MR) is 80.3 cm³/mol. The summed E-state index contributed by atoms with van der Waals surface area (Å²) in [4.78, 5) is 4.94. The minimum Gasteiger partial charge on any atom is -0.399 e. The van der Waals surface area contributed by atoms with E-state index in [1.165, 1.54) is 0 Å². The standard InChI is InChI=1S/C14H19Cl2NO2/c1-10(5-4-8-18-2)14(17-19-3)11-6-7-12(15)13(16)9-11/h6-7,9-10H,4-5,8H2,1-3H3. The Hall–Kier alpha value is -0.770. The van der Waals surface area contributed by atoms with Crippen LogP contribution in [0.15, 0.2) is 23.4 Å². The van der Waals surface area contributed by atoms with Gasteiger partial charge in [0.15, 0.2) is 0 Å². The Morgan fingerprint density at radius 1 is 1.26 bits per heavy atom. The van der Waals surface area contributed by atoms with Crippen molar-refractivity contribution in [1.82, 2.24) is 0 Å². The first-order valence-electron chi connectivity index (χ1n) is 6.15. The third-order valence-corrected chi connectivity index (χ3v) is 3.60. The van der Waals surface area contributed by atoms with E-state index in [-0.39, 0.29) is 5.92 Å². The SMILES string of the molecule is COCCCC(C)C(=NOC)c1ccc(Cl)c(Cl)c1. The van der Waals surface area contributed by atoms with Gasteiger partial charge in [-0.1, -0.05) is 41.3 Å². The number of benzene rings is 1. The van der Waals surface area contributed by atoms with Crippen molar-refractivity contribution in [2.75, 3.05) is 20.8 Å². The second kappa shape index (κ2) is 8.41. The second-order valence-electron chi connectivity index (χ2n) is 4.32. The quantitative estimate of drug-likeness (QED) is 0.424. The van der Waals surface area contributed by atoms with Crippen LogP contribution in [-0.4, -0.2) is 26.5 Å². The largest absolute Gasteiger partial charge is 0.399 e. The van der Waals surface area contributed by atoms with E-state index < -0.39 is 0 Å².